The first-order valence-corrected chi connectivity index (χ1v) is 11.5. The molecule has 6 nitrogen and oxygen atoms in total. The summed E-state index contributed by atoms with van der Waals surface area (Å²) in [5, 5.41) is 11.4. The molecule has 0 radical (unpaired) electrons. The van der Waals surface area contributed by atoms with E-state index in [1.165, 1.54) is 30.3 Å². The topological polar surface area (TPSA) is 71.3 Å². The smallest absolute Gasteiger partial charge is 0.363 e. The fraction of sp³-hybridized carbons (Fsp3) is 0.542. The number of alkyl halides is 3. The first kappa shape index (κ1) is 22.9. The summed E-state index contributed by atoms with van der Waals surface area (Å²) in [4.78, 5) is 12.8. The van der Waals surface area contributed by atoms with Gasteiger partial charge in [-0.3, -0.25) is 4.79 Å². The summed E-state index contributed by atoms with van der Waals surface area (Å²) in [5.41, 5.74) is 3.80. The molecule has 2 aliphatic carbocycles. The molecule has 2 bridgehead atoms. The fourth-order valence-corrected chi connectivity index (χ4v) is 5.87. The molecule has 2 aromatic rings. The van der Waals surface area contributed by atoms with E-state index in [1.54, 1.807) is 0 Å². The van der Waals surface area contributed by atoms with Gasteiger partial charge in [-0.15, -0.1) is 0 Å². The number of halogens is 4. The summed E-state index contributed by atoms with van der Waals surface area (Å²) in [6.45, 7) is 6.60. The van der Waals surface area contributed by atoms with Crippen LogP contribution in [0.5, 0.6) is 0 Å². The van der Waals surface area contributed by atoms with E-state index in [-0.39, 0.29) is 28.8 Å². The highest BCUT2D eigenvalue weighted by Gasteiger charge is 2.60. The lowest BCUT2D eigenvalue weighted by Crippen LogP contribution is -2.36. The van der Waals surface area contributed by atoms with Crippen molar-refractivity contribution >= 4 is 17.4 Å². The van der Waals surface area contributed by atoms with Crippen molar-refractivity contribution < 1.29 is 22.4 Å². The summed E-state index contributed by atoms with van der Waals surface area (Å²) >= 11 is 0. The van der Waals surface area contributed by atoms with Crippen molar-refractivity contribution in [3.8, 4) is 0 Å². The van der Waals surface area contributed by atoms with E-state index in [2.05, 4.69) is 41.7 Å². The first-order valence-electron chi connectivity index (χ1n) is 11.5. The van der Waals surface area contributed by atoms with Crippen LogP contribution in [0, 0.1) is 22.6 Å². The van der Waals surface area contributed by atoms with Crippen molar-refractivity contribution in [2.45, 2.75) is 64.7 Å². The second kappa shape index (κ2) is 7.55. The quantitative estimate of drug-likeness (QED) is 0.446. The van der Waals surface area contributed by atoms with Crippen LogP contribution in [0.25, 0.3) is 0 Å². The van der Waals surface area contributed by atoms with Gasteiger partial charge in [-0.25, -0.2) is 14.5 Å². The maximum atomic E-state index is 13.9. The van der Waals surface area contributed by atoms with Crippen LogP contribution in [-0.2, 0) is 0 Å². The number of aromatic nitrogens is 2. The van der Waals surface area contributed by atoms with Crippen LogP contribution in [0.1, 0.15) is 74.6 Å². The van der Waals surface area contributed by atoms with Crippen molar-refractivity contribution in [2.75, 3.05) is 5.32 Å². The summed E-state index contributed by atoms with van der Waals surface area (Å²) in [7, 11) is 0. The van der Waals surface area contributed by atoms with Crippen molar-refractivity contribution in [2.24, 2.45) is 21.8 Å². The molecular formula is C24H27F4N5O. The molecule has 4 unspecified atom stereocenters. The summed E-state index contributed by atoms with van der Waals surface area (Å²) in [5.74, 6) is -0.535. The second-order valence-electron chi connectivity index (χ2n) is 10.4. The normalized spacial score (nSPS) is 30.8. The molecule has 1 aromatic heterocycles. The van der Waals surface area contributed by atoms with Gasteiger partial charge in [-0.2, -0.15) is 23.4 Å². The van der Waals surface area contributed by atoms with Gasteiger partial charge in [-0.05, 0) is 48.3 Å². The summed E-state index contributed by atoms with van der Waals surface area (Å²) in [6, 6.07) is 4.00. The summed E-state index contributed by atoms with van der Waals surface area (Å²) < 4.78 is 55.7. The Bertz CT molecular complexity index is 1150. The maximum absolute atomic E-state index is 13.9. The average Bonchev–Trinajstić information content (AvgIpc) is 3.35. The number of anilines is 1. The highest BCUT2D eigenvalue weighted by atomic mass is 19.4. The Kier molecular flexibility index (Phi) is 5.07. The van der Waals surface area contributed by atoms with E-state index in [0.29, 0.717) is 11.5 Å². The molecule has 2 N–H and O–H groups in total. The molecule has 0 spiro atoms. The number of carbonyl (C=O) groups excluding carboxylic acids is 1. The largest absolute Gasteiger partial charge is 0.410 e. The molecule has 1 amide bonds. The van der Waals surface area contributed by atoms with Gasteiger partial charge >= 0.3 is 6.18 Å². The van der Waals surface area contributed by atoms with Gasteiger partial charge in [0.25, 0.3) is 5.91 Å². The number of amides is 1. The predicted octanol–water partition coefficient (Wildman–Crippen LogP) is 5.61. The highest BCUT2D eigenvalue weighted by Crippen LogP contribution is 2.63. The number of hydrazone groups is 1. The number of fused-ring (bicyclic) bond motifs is 3. The molecule has 3 aliphatic rings. The van der Waals surface area contributed by atoms with Crippen LogP contribution in [0.3, 0.4) is 0 Å². The van der Waals surface area contributed by atoms with Gasteiger partial charge in [0, 0.05) is 23.6 Å². The highest BCUT2D eigenvalue weighted by molar-refractivity contribution is 5.97. The first-order chi connectivity index (χ1) is 15.9. The lowest BCUT2D eigenvalue weighted by molar-refractivity contribution is -0.173. The minimum absolute atomic E-state index is 0.0775. The van der Waals surface area contributed by atoms with E-state index in [0.717, 1.165) is 29.7 Å². The van der Waals surface area contributed by atoms with Crippen LogP contribution in [0.2, 0.25) is 0 Å². The SMILES string of the molecule is CC12CCC(CC1=NNC(=O)c1cc3n(n1)C(C(F)(F)F)CC(c1ccc(F)cc1)N3)C2(C)C. The average molecular weight is 478 g/mol. The van der Waals surface area contributed by atoms with Gasteiger partial charge in [0.2, 0.25) is 0 Å². The fourth-order valence-electron chi connectivity index (χ4n) is 5.87. The zero-order valence-corrected chi connectivity index (χ0v) is 19.2. The third-order valence-corrected chi connectivity index (χ3v) is 8.50. The van der Waals surface area contributed by atoms with Crippen molar-refractivity contribution in [1.82, 2.24) is 15.2 Å². The van der Waals surface area contributed by atoms with Crippen LogP contribution in [0.4, 0.5) is 23.4 Å². The number of nitrogens with one attached hydrogen (secondary N) is 2. The van der Waals surface area contributed by atoms with Gasteiger partial charge in [-0.1, -0.05) is 32.9 Å². The minimum Gasteiger partial charge on any atom is -0.363 e. The van der Waals surface area contributed by atoms with E-state index in [9.17, 15) is 22.4 Å². The van der Waals surface area contributed by atoms with Gasteiger partial charge in [0.15, 0.2) is 11.7 Å². The minimum atomic E-state index is -4.57. The molecule has 34 heavy (non-hydrogen) atoms. The number of hydrogen-bond acceptors (Lipinski definition) is 4. The molecule has 182 valence electrons. The molecule has 2 heterocycles. The van der Waals surface area contributed by atoms with E-state index < -0.39 is 30.0 Å². The van der Waals surface area contributed by atoms with Crippen LogP contribution < -0.4 is 10.7 Å². The Morgan fingerprint density at radius 1 is 1.24 bits per heavy atom. The zero-order valence-electron chi connectivity index (χ0n) is 19.2. The number of nitrogens with zero attached hydrogens (tertiary/aromatic N) is 3. The third kappa shape index (κ3) is 3.49. The Labute approximate surface area is 194 Å². The molecule has 2 fully saturated rings. The van der Waals surface area contributed by atoms with E-state index in [1.807, 2.05) is 0 Å². The Morgan fingerprint density at radius 2 is 1.94 bits per heavy atom. The summed E-state index contributed by atoms with van der Waals surface area (Å²) in [6.07, 6.45) is -1.97. The number of carbonyl (C=O) groups is 1. The molecule has 0 saturated heterocycles. The lowest BCUT2D eigenvalue weighted by atomic mass is 9.70. The molecular weight excluding hydrogens is 450 g/mol. The van der Waals surface area contributed by atoms with Gasteiger partial charge in [0.1, 0.15) is 11.6 Å². The second-order valence-corrected chi connectivity index (χ2v) is 10.4. The maximum Gasteiger partial charge on any atom is 0.410 e. The van der Waals surface area contributed by atoms with E-state index >= 15 is 0 Å². The van der Waals surface area contributed by atoms with E-state index in [4.69, 9.17) is 0 Å². The Balaban J connectivity index is 1.39. The molecule has 4 atom stereocenters. The number of hydrogen-bond donors (Lipinski definition) is 2. The van der Waals surface area contributed by atoms with Gasteiger partial charge in [0.05, 0.1) is 6.04 Å². The molecule has 1 aliphatic heterocycles. The Morgan fingerprint density at radius 3 is 2.53 bits per heavy atom. The Hall–Kier alpha value is -2.91. The van der Waals surface area contributed by atoms with Crippen LogP contribution >= 0.6 is 0 Å². The van der Waals surface area contributed by atoms with Crippen LogP contribution in [0.15, 0.2) is 35.4 Å². The predicted molar refractivity (Wildman–Crippen MR) is 119 cm³/mol. The molecule has 5 rings (SSSR count). The number of rotatable bonds is 3. The zero-order chi connectivity index (χ0) is 24.5. The monoisotopic (exact) mass is 477 g/mol. The third-order valence-electron chi connectivity index (χ3n) is 8.50. The lowest BCUT2D eigenvalue weighted by Gasteiger charge is -2.34. The van der Waals surface area contributed by atoms with Crippen molar-refractivity contribution in [3.05, 3.63) is 47.4 Å². The molecule has 1 aromatic carbocycles. The molecule has 10 heteroatoms. The molecule has 2 saturated carbocycles. The number of benzene rings is 1. The van der Waals surface area contributed by atoms with Crippen molar-refractivity contribution in [1.29, 1.82) is 0 Å². The van der Waals surface area contributed by atoms with Crippen molar-refractivity contribution in [3.63, 3.8) is 0 Å². The standard InChI is InChI=1S/C24H27F4N5O/c1-22(2)14-8-9-23(22,3)18(10-14)30-31-21(34)17-12-20-29-16(13-4-6-15(25)7-5-13)11-19(24(26,27)28)33(20)32-17/h4-7,12,14,16,19,29H,8-11H2,1-3H3,(H,31,34). The van der Waals surface area contributed by atoms with Gasteiger partial charge < -0.3 is 5.32 Å². The van der Waals surface area contributed by atoms with Crippen LogP contribution in [-0.4, -0.2) is 27.6 Å².